The Bertz CT molecular complexity index is 958. The van der Waals surface area contributed by atoms with E-state index in [0.717, 1.165) is 21.6 Å². The summed E-state index contributed by atoms with van der Waals surface area (Å²) in [7, 11) is 0. The molecular weight excluding hydrogens is 439 g/mol. The molecule has 144 valence electrons. The number of hydrogen-bond acceptors (Lipinski definition) is 3. The Hall–Kier alpha value is -2.31. The van der Waals surface area contributed by atoms with Gasteiger partial charge in [0.25, 0.3) is 0 Å². The van der Waals surface area contributed by atoms with Gasteiger partial charge in [-0.3, -0.25) is 4.79 Å². The summed E-state index contributed by atoms with van der Waals surface area (Å²) in [6.45, 7) is 4.26. The van der Waals surface area contributed by atoms with Crippen LogP contribution in [0.5, 0.6) is 0 Å². The van der Waals surface area contributed by atoms with E-state index in [9.17, 15) is 9.18 Å². The van der Waals surface area contributed by atoms with E-state index in [1.54, 1.807) is 34.4 Å². The van der Waals surface area contributed by atoms with Crippen molar-refractivity contribution in [2.24, 2.45) is 0 Å². The lowest BCUT2D eigenvalue weighted by Crippen LogP contribution is -2.32. The molecule has 0 N–H and O–H groups in total. The quantitative estimate of drug-likeness (QED) is 0.423. The van der Waals surface area contributed by atoms with Gasteiger partial charge >= 0.3 is 0 Å². The summed E-state index contributed by atoms with van der Waals surface area (Å²) in [6, 6.07) is 14.8. The molecule has 0 saturated carbocycles. The number of nitrogens with zero attached hydrogens (tertiary/aromatic N) is 2. The molecule has 0 spiro atoms. The van der Waals surface area contributed by atoms with Crippen molar-refractivity contribution in [1.82, 2.24) is 9.88 Å². The van der Waals surface area contributed by atoms with Gasteiger partial charge in [-0.25, -0.2) is 9.37 Å². The van der Waals surface area contributed by atoms with Gasteiger partial charge < -0.3 is 4.90 Å². The maximum absolute atomic E-state index is 14.1. The Labute approximate surface area is 176 Å². The van der Waals surface area contributed by atoms with Gasteiger partial charge in [-0.15, -0.1) is 17.9 Å². The van der Waals surface area contributed by atoms with Gasteiger partial charge in [-0.05, 0) is 23.8 Å². The van der Waals surface area contributed by atoms with Crippen molar-refractivity contribution in [3.8, 4) is 0 Å². The molecule has 0 fully saturated rings. The van der Waals surface area contributed by atoms with Gasteiger partial charge in [0.15, 0.2) is 0 Å². The third-order valence-corrected chi connectivity index (χ3v) is 5.59. The van der Waals surface area contributed by atoms with Crippen molar-refractivity contribution in [3.63, 3.8) is 0 Å². The molecule has 0 atom stereocenters. The lowest BCUT2D eigenvalue weighted by atomic mass is 10.1. The number of carbonyl (C=O) groups excluding carboxylic acids is 1. The van der Waals surface area contributed by atoms with Gasteiger partial charge in [-0.1, -0.05) is 52.3 Å². The molecule has 6 heteroatoms. The van der Waals surface area contributed by atoms with E-state index in [1.165, 1.54) is 11.6 Å². The first kappa shape index (κ1) is 20.4. The van der Waals surface area contributed by atoms with Crippen LogP contribution in [0, 0.1) is 5.82 Å². The molecule has 3 nitrogen and oxygen atoms in total. The van der Waals surface area contributed by atoms with Crippen molar-refractivity contribution in [3.05, 3.63) is 98.7 Å². The van der Waals surface area contributed by atoms with Crippen molar-refractivity contribution in [2.75, 3.05) is 6.54 Å². The highest BCUT2D eigenvalue weighted by Crippen LogP contribution is 2.19. The molecule has 3 rings (SSSR count). The molecule has 2 aromatic carbocycles. The summed E-state index contributed by atoms with van der Waals surface area (Å²) >= 11 is 4.90. The van der Waals surface area contributed by atoms with E-state index in [0.29, 0.717) is 12.1 Å². The van der Waals surface area contributed by atoms with E-state index in [4.69, 9.17) is 0 Å². The van der Waals surface area contributed by atoms with Gasteiger partial charge in [0, 0.05) is 34.9 Å². The van der Waals surface area contributed by atoms with Crippen LogP contribution in [0.3, 0.4) is 0 Å². The minimum atomic E-state index is -0.330. The van der Waals surface area contributed by atoms with E-state index < -0.39 is 0 Å². The monoisotopic (exact) mass is 458 g/mol. The fourth-order valence-corrected chi connectivity index (χ4v) is 4.07. The molecule has 0 unspecified atom stereocenters. The summed E-state index contributed by atoms with van der Waals surface area (Å²) in [5.74, 6) is -0.431. The molecule has 0 aliphatic rings. The number of rotatable bonds is 8. The Morgan fingerprint density at radius 1 is 1.25 bits per heavy atom. The molecule has 1 aromatic heterocycles. The maximum Gasteiger partial charge on any atom is 0.229 e. The first-order chi connectivity index (χ1) is 13.5. The largest absolute Gasteiger partial charge is 0.334 e. The Balaban J connectivity index is 1.67. The predicted octanol–water partition coefficient (Wildman–Crippen LogP) is 5.39. The molecule has 0 aliphatic heterocycles. The van der Waals surface area contributed by atoms with Crippen LogP contribution in [-0.4, -0.2) is 22.3 Å². The van der Waals surface area contributed by atoms with E-state index in [-0.39, 0.29) is 24.7 Å². The third-order valence-electron chi connectivity index (χ3n) is 4.20. The van der Waals surface area contributed by atoms with Gasteiger partial charge in [0.2, 0.25) is 5.91 Å². The number of amides is 1. The molecule has 0 saturated heterocycles. The summed E-state index contributed by atoms with van der Waals surface area (Å²) < 4.78 is 14.9. The van der Waals surface area contributed by atoms with E-state index in [2.05, 4.69) is 39.6 Å². The fraction of sp³-hybridized carbons (Fsp3) is 0.182. The van der Waals surface area contributed by atoms with Gasteiger partial charge in [-0.2, -0.15) is 0 Å². The second kappa shape index (κ2) is 9.75. The number of thiazole rings is 1. The first-order valence-corrected chi connectivity index (χ1v) is 10.5. The number of halogens is 2. The lowest BCUT2D eigenvalue weighted by Gasteiger charge is -2.21. The molecule has 1 heterocycles. The van der Waals surface area contributed by atoms with Crippen LogP contribution in [0.1, 0.15) is 21.8 Å². The average Bonchev–Trinajstić information content (AvgIpc) is 3.11. The molecule has 3 aromatic rings. The topological polar surface area (TPSA) is 33.2 Å². The molecule has 28 heavy (non-hydrogen) atoms. The van der Waals surface area contributed by atoms with Crippen molar-refractivity contribution in [2.45, 2.75) is 19.4 Å². The maximum atomic E-state index is 14.1. The average molecular weight is 459 g/mol. The highest BCUT2D eigenvalue weighted by atomic mass is 79.9. The van der Waals surface area contributed by atoms with Crippen molar-refractivity contribution in [1.29, 1.82) is 0 Å². The van der Waals surface area contributed by atoms with Crippen LogP contribution in [-0.2, 0) is 24.2 Å². The standard InChI is InChI=1S/C22H20BrFN2OS/c1-2-10-26(14-17-12-18(23)8-9-20(17)24)22(27)13-19-15-28-21(25-19)11-16-6-4-3-5-7-16/h2-9,12,15H,1,10-11,13-14H2. The van der Waals surface area contributed by atoms with Gasteiger partial charge in [0.05, 0.1) is 17.1 Å². The summed E-state index contributed by atoms with van der Waals surface area (Å²) in [5.41, 5.74) is 2.39. The minimum absolute atomic E-state index is 0.101. The van der Waals surface area contributed by atoms with Crippen LogP contribution in [0.15, 0.2) is 71.0 Å². The number of aromatic nitrogens is 1. The van der Waals surface area contributed by atoms with Crippen LogP contribution in [0.2, 0.25) is 0 Å². The zero-order valence-corrected chi connectivity index (χ0v) is 17.7. The predicted molar refractivity (Wildman–Crippen MR) is 115 cm³/mol. The van der Waals surface area contributed by atoms with Crippen LogP contribution >= 0.6 is 27.3 Å². The summed E-state index contributed by atoms with van der Waals surface area (Å²) in [6.07, 6.45) is 2.59. The van der Waals surface area contributed by atoms with Crippen molar-refractivity contribution >= 4 is 33.2 Å². The zero-order chi connectivity index (χ0) is 19.9. The van der Waals surface area contributed by atoms with Crippen LogP contribution in [0.25, 0.3) is 0 Å². The number of carbonyl (C=O) groups is 1. The lowest BCUT2D eigenvalue weighted by molar-refractivity contribution is -0.130. The van der Waals surface area contributed by atoms with E-state index >= 15 is 0 Å². The van der Waals surface area contributed by atoms with Crippen LogP contribution in [0.4, 0.5) is 4.39 Å². The third kappa shape index (κ3) is 5.59. The second-order valence-corrected chi connectivity index (χ2v) is 8.23. The smallest absolute Gasteiger partial charge is 0.229 e. The minimum Gasteiger partial charge on any atom is -0.334 e. The Kier molecular flexibility index (Phi) is 7.12. The normalized spacial score (nSPS) is 10.6. The molecular formula is C22H20BrFN2OS. The fourth-order valence-electron chi connectivity index (χ4n) is 2.83. The molecule has 1 amide bonds. The Morgan fingerprint density at radius 2 is 2.04 bits per heavy atom. The SMILES string of the molecule is C=CCN(Cc1cc(Br)ccc1F)C(=O)Cc1csc(Cc2ccccc2)n1. The molecule has 0 bridgehead atoms. The molecule has 0 radical (unpaired) electrons. The Morgan fingerprint density at radius 3 is 2.79 bits per heavy atom. The zero-order valence-electron chi connectivity index (χ0n) is 15.3. The van der Waals surface area contributed by atoms with Crippen LogP contribution < -0.4 is 0 Å². The summed E-state index contributed by atoms with van der Waals surface area (Å²) in [5, 5.41) is 2.89. The highest BCUT2D eigenvalue weighted by Gasteiger charge is 2.17. The van der Waals surface area contributed by atoms with Crippen molar-refractivity contribution < 1.29 is 9.18 Å². The van der Waals surface area contributed by atoms with Gasteiger partial charge in [0.1, 0.15) is 5.82 Å². The number of hydrogen-bond donors (Lipinski definition) is 0. The second-order valence-electron chi connectivity index (χ2n) is 6.37. The van der Waals surface area contributed by atoms with E-state index in [1.807, 2.05) is 23.6 Å². The highest BCUT2D eigenvalue weighted by molar-refractivity contribution is 9.10. The number of benzene rings is 2. The molecule has 0 aliphatic carbocycles. The summed E-state index contributed by atoms with van der Waals surface area (Å²) in [4.78, 5) is 19.0. The first-order valence-electron chi connectivity index (χ1n) is 8.85.